The predicted octanol–water partition coefficient (Wildman–Crippen LogP) is 3.74. The molecule has 0 saturated carbocycles. The summed E-state index contributed by atoms with van der Waals surface area (Å²) in [6, 6.07) is 15.5. The number of alkyl carbamates (subject to hydrolysis) is 1. The van der Waals surface area contributed by atoms with Gasteiger partial charge < -0.3 is 25.0 Å². The maximum Gasteiger partial charge on any atom is 0.407 e. The van der Waals surface area contributed by atoms with Gasteiger partial charge >= 0.3 is 6.09 Å². The van der Waals surface area contributed by atoms with Crippen LogP contribution in [0.5, 0.6) is 5.75 Å². The zero-order chi connectivity index (χ0) is 29.1. The first kappa shape index (κ1) is 27.5. The Balaban J connectivity index is 1.08. The van der Waals surface area contributed by atoms with Crippen molar-refractivity contribution >= 4 is 29.0 Å². The van der Waals surface area contributed by atoms with E-state index < -0.39 is 6.09 Å². The number of amides is 2. The molecule has 2 N–H and O–H groups in total. The summed E-state index contributed by atoms with van der Waals surface area (Å²) in [5.74, 6) is 0.596. The summed E-state index contributed by atoms with van der Waals surface area (Å²) in [5, 5.41) is 10.2. The molecule has 2 amide bonds. The minimum Gasteiger partial charge on any atom is -0.487 e. The summed E-state index contributed by atoms with van der Waals surface area (Å²) < 4.78 is 13.1. The summed E-state index contributed by atoms with van der Waals surface area (Å²) >= 11 is 0. The summed E-state index contributed by atoms with van der Waals surface area (Å²) in [4.78, 5) is 34.4. The average molecular weight is 570 g/mol. The highest BCUT2D eigenvalue weighted by atomic mass is 16.5. The molecule has 2 aliphatic heterocycles. The van der Waals surface area contributed by atoms with Crippen molar-refractivity contribution in [3.05, 3.63) is 83.8 Å². The van der Waals surface area contributed by atoms with Gasteiger partial charge in [0.15, 0.2) is 5.65 Å². The van der Waals surface area contributed by atoms with E-state index in [1.54, 1.807) is 29.2 Å². The van der Waals surface area contributed by atoms with Crippen LogP contribution in [0.2, 0.25) is 0 Å². The van der Waals surface area contributed by atoms with Gasteiger partial charge in [-0.15, -0.1) is 0 Å². The van der Waals surface area contributed by atoms with Gasteiger partial charge in [0.2, 0.25) is 0 Å². The lowest BCUT2D eigenvalue weighted by atomic mass is 10.0. The fourth-order valence-electron chi connectivity index (χ4n) is 5.48. The number of piperazine rings is 1. The summed E-state index contributed by atoms with van der Waals surface area (Å²) in [5.41, 5.74) is 4.31. The number of fused-ring (bicyclic) bond motifs is 2. The molecule has 1 saturated heterocycles. The van der Waals surface area contributed by atoms with Crippen LogP contribution in [0, 0.1) is 0 Å². The first-order chi connectivity index (χ1) is 20.3. The highest BCUT2D eigenvalue weighted by Crippen LogP contribution is 2.42. The fraction of sp³-hybridized carbons (Fsp3) is 0.355. The van der Waals surface area contributed by atoms with Gasteiger partial charge in [0, 0.05) is 69.7 Å². The molecule has 2 aromatic heterocycles. The molecule has 0 spiro atoms. The number of rotatable bonds is 8. The van der Waals surface area contributed by atoms with E-state index in [4.69, 9.17) is 9.47 Å². The molecular formula is C31H35N7O4. The van der Waals surface area contributed by atoms with Gasteiger partial charge in [-0.25, -0.2) is 14.3 Å². The molecule has 0 aliphatic carbocycles. The van der Waals surface area contributed by atoms with Crippen LogP contribution in [-0.4, -0.2) is 76.4 Å². The zero-order valence-electron chi connectivity index (χ0n) is 23.9. The molecule has 0 unspecified atom stereocenters. The molecule has 218 valence electrons. The smallest absolute Gasteiger partial charge is 0.407 e. The van der Waals surface area contributed by atoms with E-state index in [2.05, 4.69) is 44.4 Å². The first-order valence-electron chi connectivity index (χ1n) is 14.2. The lowest BCUT2D eigenvalue weighted by Gasteiger charge is -2.37. The van der Waals surface area contributed by atoms with Crippen molar-refractivity contribution in [3.8, 4) is 5.75 Å². The predicted molar refractivity (Wildman–Crippen MR) is 159 cm³/mol. The largest absolute Gasteiger partial charge is 0.487 e. The standard InChI is InChI=1S/C31H35N7O4/c1-31(2)19-23-17-25(35-29(39)24-20-34-38-11-6-9-32-28(24)38)26(18-27(23)42-31)37-15-13-36(14-16-37)12-10-33-30(40)41-21-22-7-4-3-5-8-22/h3-9,11,17-18,20H,10,12-16,19,21H2,1-2H3,(H,33,40)(H,35,39). The quantitative estimate of drug-likeness (QED) is 0.330. The van der Waals surface area contributed by atoms with Crippen LogP contribution in [0.25, 0.3) is 5.65 Å². The van der Waals surface area contributed by atoms with Gasteiger partial charge in [-0.05, 0) is 31.5 Å². The fourth-order valence-corrected chi connectivity index (χ4v) is 5.48. The van der Waals surface area contributed by atoms with Crippen molar-refractivity contribution in [2.45, 2.75) is 32.5 Å². The molecule has 11 nitrogen and oxygen atoms in total. The Bertz CT molecular complexity index is 1580. The highest BCUT2D eigenvalue weighted by molar-refractivity contribution is 6.09. The number of anilines is 2. The van der Waals surface area contributed by atoms with Gasteiger partial charge in [0.1, 0.15) is 23.5 Å². The number of aromatic nitrogens is 3. The van der Waals surface area contributed by atoms with Crippen molar-refractivity contribution in [1.82, 2.24) is 24.8 Å². The molecule has 1 fully saturated rings. The van der Waals surface area contributed by atoms with Crippen molar-refractivity contribution in [2.24, 2.45) is 0 Å². The van der Waals surface area contributed by atoms with E-state index in [0.29, 0.717) is 17.8 Å². The molecule has 11 heteroatoms. The SMILES string of the molecule is CC1(C)Cc2cc(NC(=O)c3cnn4cccnc34)c(N3CCN(CCNC(=O)OCc4ccccc4)CC3)cc2O1. The maximum atomic E-state index is 13.4. The summed E-state index contributed by atoms with van der Waals surface area (Å²) in [6.07, 6.45) is 5.30. The minimum absolute atomic E-state index is 0.250. The first-order valence-corrected chi connectivity index (χ1v) is 14.2. The third-order valence-corrected chi connectivity index (χ3v) is 7.58. The summed E-state index contributed by atoms with van der Waals surface area (Å²) in [6.45, 7) is 8.78. The number of carbonyl (C=O) groups excluding carboxylic acids is 2. The molecule has 0 radical (unpaired) electrons. The van der Waals surface area contributed by atoms with Crippen LogP contribution in [0.15, 0.2) is 67.1 Å². The Morgan fingerprint density at radius 1 is 1.07 bits per heavy atom. The second-order valence-electron chi connectivity index (χ2n) is 11.2. The Kier molecular flexibility index (Phi) is 7.66. The van der Waals surface area contributed by atoms with E-state index >= 15 is 0 Å². The van der Waals surface area contributed by atoms with Crippen molar-refractivity contribution in [3.63, 3.8) is 0 Å². The molecular weight excluding hydrogens is 534 g/mol. The Hall–Kier alpha value is -4.64. The number of hydrogen-bond donors (Lipinski definition) is 2. The van der Waals surface area contributed by atoms with Gasteiger partial charge in [0.05, 0.1) is 17.6 Å². The lowest BCUT2D eigenvalue weighted by molar-refractivity contribution is 0.102. The van der Waals surface area contributed by atoms with E-state index in [1.807, 2.05) is 42.5 Å². The second kappa shape index (κ2) is 11.7. The monoisotopic (exact) mass is 569 g/mol. The van der Waals surface area contributed by atoms with Crippen LogP contribution in [-0.2, 0) is 17.8 Å². The van der Waals surface area contributed by atoms with Gasteiger partial charge in [-0.1, -0.05) is 30.3 Å². The van der Waals surface area contributed by atoms with Crippen molar-refractivity contribution in [2.75, 3.05) is 49.5 Å². The Morgan fingerprint density at radius 2 is 1.88 bits per heavy atom. The maximum absolute atomic E-state index is 13.4. The summed E-state index contributed by atoms with van der Waals surface area (Å²) in [7, 11) is 0. The number of benzene rings is 2. The van der Waals surface area contributed by atoms with Crippen LogP contribution in [0.3, 0.4) is 0 Å². The van der Waals surface area contributed by atoms with Crippen LogP contribution in [0.4, 0.5) is 16.2 Å². The topological polar surface area (TPSA) is 113 Å². The number of nitrogens with one attached hydrogen (secondary N) is 2. The average Bonchev–Trinajstić information content (AvgIpc) is 3.56. The normalized spacial score (nSPS) is 16.1. The highest BCUT2D eigenvalue weighted by Gasteiger charge is 2.32. The van der Waals surface area contributed by atoms with Crippen molar-refractivity contribution in [1.29, 1.82) is 0 Å². The Labute approximate surface area is 244 Å². The molecule has 0 bridgehead atoms. The van der Waals surface area contributed by atoms with E-state index in [0.717, 1.165) is 67.4 Å². The number of ether oxygens (including phenoxy) is 2. The Morgan fingerprint density at radius 3 is 2.69 bits per heavy atom. The van der Waals surface area contributed by atoms with Gasteiger partial charge in [-0.3, -0.25) is 9.69 Å². The van der Waals surface area contributed by atoms with Crippen LogP contribution in [0.1, 0.15) is 35.3 Å². The molecule has 2 aromatic carbocycles. The number of hydrogen-bond acceptors (Lipinski definition) is 8. The molecule has 2 aliphatic rings. The van der Waals surface area contributed by atoms with E-state index in [9.17, 15) is 9.59 Å². The van der Waals surface area contributed by atoms with Gasteiger partial charge in [0.25, 0.3) is 5.91 Å². The molecule has 4 aromatic rings. The molecule has 4 heterocycles. The van der Waals surface area contributed by atoms with E-state index in [-0.39, 0.29) is 18.1 Å². The lowest BCUT2D eigenvalue weighted by Crippen LogP contribution is -2.48. The minimum atomic E-state index is -0.416. The van der Waals surface area contributed by atoms with E-state index in [1.165, 1.54) is 0 Å². The third kappa shape index (κ3) is 6.15. The number of nitrogens with zero attached hydrogens (tertiary/aromatic N) is 5. The molecule has 0 atom stereocenters. The van der Waals surface area contributed by atoms with Crippen LogP contribution < -0.4 is 20.3 Å². The van der Waals surface area contributed by atoms with Crippen molar-refractivity contribution < 1.29 is 19.1 Å². The zero-order valence-corrected chi connectivity index (χ0v) is 23.9. The molecule has 42 heavy (non-hydrogen) atoms. The van der Waals surface area contributed by atoms with Gasteiger partial charge in [-0.2, -0.15) is 5.10 Å². The number of carbonyl (C=O) groups is 2. The molecule has 6 rings (SSSR count). The van der Waals surface area contributed by atoms with Crippen LogP contribution >= 0.6 is 0 Å². The third-order valence-electron chi connectivity index (χ3n) is 7.58. The second-order valence-corrected chi connectivity index (χ2v) is 11.2.